The average molecular weight is 380 g/mol. The van der Waals surface area contributed by atoms with Crippen LogP contribution in [0.2, 0.25) is 0 Å². The fraction of sp³-hybridized carbons (Fsp3) is 0.455. The average Bonchev–Trinajstić information content (AvgIpc) is 3.44. The van der Waals surface area contributed by atoms with Gasteiger partial charge in [-0.05, 0) is 43.9 Å². The number of benzene rings is 1. The predicted molar refractivity (Wildman–Crippen MR) is 109 cm³/mol. The second-order valence-electron chi connectivity index (χ2n) is 8.24. The molecular weight excluding hydrogens is 354 g/mol. The van der Waals surface area contributed by atoms with Crippen LogP contribution < -0.4 is 5.32 Å². The van der Waals surface area contributed by atoms with Crippen LogP contribution in [0.15, 0.2) is 41.9 Å². The van der Waals surface area contributed by atoms with Crippen LogP contribution >= 0.6 is 11.3 Å². The zero-order valence-corrected chi connectivity index (χ0v) is 16.4. The summed E-state index contributed by atoms with van der Waals surface area (Å²) in [5.41, 5.74) is 3.08. The van der Waals surface area contributed by atoms with Crippen molar-refractivity contribution in [3.8, 4) is 11.3 Å². The van der Waals surface area contributed by atoms with Gasteiger partial charge in [0.05, 0.1) is 12.1 Å². The van der Waals surface area contributed by atoms with E-state index in [1.54, 1.807) is 11.3 Å². The molecule has 1 amide bonds. The minimum atomic E-state index is 0.125. The molecule has 5 heteroatoms. The second-order valence-corrected chi connectivity index (χ2v) is 9.08. The lowest BCUT2D eigenvalue weighted by atomic mass is 9.84. The Morgan fingerprint density at radius 2 is 2.15 bits per heavy atom. The summed E-state index contributed by atoms with van der Waals surface area (Å²) < 4.78 is 2.06. The van der Waals surface area contributed by atoms with Gasteiger partial charge in [0.2, 0.25) is 5.91 Å². The Balaban J connectivity index is 1.28. The minimum absolute atomic E-state index is 0.125. The van der Waals surface area contributed by atoms with Crippen LogP contribution in [-0.4, -0.2) is 21.3 Å². The summed E-state index contributed by atoms with van der Waals surface area (Å²) in [7, 11) is 0. The molecular formula is C22H25N3OS. The summed E-state index contributed by atoms with van der Waals surface area (Å²) >= 11 is 1.60. The standard InChI is InChI=1S/C22H25N3OS/c1-14(19-10-15-7-8-17(19)9-15)23-21(26)11-18-13-27-22-24-20(12-25(18)22)16-5-3-2-4-6-16/h2-6,12-15,17,19H,7-11H2,1H3,(H,23,26). The van der Waals surface area contributed by atoms with Crippen molar-refractivity contribution >= 4 is 22.2 Å². The summed E-state index contributed by atoms with van der Waals surface area (Å²) in [4.78, 5) is 18.3. The van der Waals surface area contributed by atoms with Crippen LogP contribution in [0.5, 0.6) is 0 Å². The van der Waals surface area contributed by atoms with Gasteiger partial charge in [0, 0.05) is 28.9 Å². The van der Waals surface area contributed by atoms with E-state index >= 15 is 0 Å². The number of amides is 1. The number of imidazole rings is 1. The van der Waals surface area contributed by atoms with Gasteiger partial charge >= 0.3 is 0 Å². The van der Waals surface area contributed by atoms with Crippen molar-refractivity contribution in [3.05, 3.63) is 47.6 Å². The lowest BCUT2D eigenvalue weighted by Crippen LogP contribution is -2.40. The highest BCUT2D eigenvalue weighted by atomic mass is 32.1. The molecule has 5 rings (SSSR count). The first kappa shape index (κ1) is 17.0. The normalized spacial score (nSPS) is 25.1. The molecule has 1 N–H and O–H groups in total. The zero-order valence-electron chi connectivity index (χ0n) is 15.6. The Morgan fingerprint density at radius 3 is 2.89 bits per heavy atom. The quantitative estimate of drug-likeness (QED) is 0.707. The first-order valence-electron chi connectivity index (χ1n) is 9.97. The molecule has 0 radical (unpaired) electrons. The zero-order chi connectivity index (χ0) is 18.4. The molecule has 3 aromatic rings. The third-order valence-corrected chi connectivity index (χ3v) is 7.41. The molecule has 0 aliphatic heterocycles. The summed E-state index contributed by atoms with van der Waals surface area (Å²) in [5, 5.41) is 5.33. The maximum Gasteiger partial charge on any atom is 0.226 e. The minimum Gasteiger partial charge on any atom is -0.353 e. The molecule has 2 aliphatic rings. The maximum absolute atomic E-state index is 12.7. The number of fused-ring (bicyclic) bond motifs is 3. The van der Waals surface area contributed by atoms with Gasteiger partial charge in [-0.2, -0.15) is 0 Å². The Labute approximate surface area is 163 Å². The van der Waals surface area contributed by atoms with Crippen molar-refractivity contribution in [2.45, 2.75) is 45.1 Å². The van der Waals surface area contributed by atoms with Crippen molar-refractivity contribution in [2.75, 3.05) is 0 Å². The Kier molecular flexibility index (Phi) is 4.27. The second kappa shape index (κ2) is 6.79. The van der Waals surface area contributed by atoms with E-state index in [4.69, 9.17) is 4.98 Å². The lowest BCUT2D eigenvalue weighted by molar-refractivity contribution is -0.121. The predicted octanol–water partition coefficient (Wildman–Crippen LogP) is 4.55. The van der Waals surface area contributed by atoms with E-state index in [9.17, 15) is 4.79 Å². The molecule has 27 heavy (non-hydrogen) atoms. The smallest absolute Gasteiger partial charge is 0.226 e. The molecule has 2 heterocycles. The molecule has 0 spiro atoms. The summed E-state index contributed by atoms with van der Waals surface area (Å²) in [6, 6.07) is 10.5. The van der Waals surface area contributed by atoms with Gasteiger partial charge in [-0.15, -0.1) is 11.3 Å². The Bertz CT molecular complexity index is 961. The van der Waals surface area contributed by atoms with Gasteiger partial charge in [-0.25, -0.2) is 4.98 Å². The largest absolute Gasteiger partial charge is 0.353 e. The van der Waals surface area contributed by atoms with Gasteiger partial charge in [0.1, 0.15) is 0 Å². The molecule has 1 aromatic carbocycles. The van der Waals surface area contributed by atoms with Gasteiger partial charge in [-0.3, -0.25) is 9.20 Å². The van der Waals surface area contributed by atoms with E-state index in [0.29, 0.717) is 12.3 Å². The van der Waals surface area contributed by atoms with Crippen LogP contribution in [0.1, 0.15) is 38.3 Å². The number of thiazole rings is 1. The molecule has 0 saturated heterocycles. The van der Waals surface area contributed by atoms with Crippen molar-refractivity contribution in [3.63, 3.8) is 0 Å². The number of carbonyl (C=O) groups is 1. The van der Waals surface area contributed by atoms with E-state index < -0.39 is 0 Å². The van der Waals surface area contributed by atoms with Crippen molar-refractivity contribution in [1.29, 1.82) is 0 Å². The number of nitrogens with one attached hydrogen (secondary N) is 1. The Hall–Kier alpha value is -2.14. The van der Waals surface area contributed by atoms with Gasteiger partial charge < -0.3 is 5.32 Å². The highest BCUT2D eigenvalue weighted by Gasteiger charge is 2.42. The van der Waals surface area contributed by atoms with Crippen LogP contribution in [0.25, 0.3) is 16.2 Å². The first-order chi connectivity index (χ1) is 13.2. The fourth-order valence-electron chi connectivity index (χ4n) is 5.19. The van der Waals surface area contributed by atoms with Crippen LogP contribution in [-0.2, 0) is 11.2 Å². The lowest BCUT2D eigenvalue weighted by Gasteiger charge is -2.28. The highest BCUT2D eigenvalue weighted by molar-refractivity contribution is 7.15. The van der Waals surface area contributed by atoms with Crippen molar-refractivity contribution in [1.82, 2.24) is 14.7 Å². The van der Waals surface area contributed by atoms with E-state index in [0.717, 1.165) is 33.7 Å². The van der Waals surface area contributed by atoms with Crippen molar-refractivity contribution < 1.29 is 4.79 Å². The molecule has 2 saturated carbocycles. The van der Waals surface area contributed by atoms with E-state index in [-0.39, 0.29) is 11.9 Å². The van der Waals surface area contributed by atoms with E-state index in [2.05, 4.69) is 34.2 Å². The number of hydrogen-bond donors (Lipinski definition) is 1. The SMILES string of the molecule is CC(NC(=O)Cc1csc2nc(-c3ccccc3)cn12)C1CC2CCC1C2. The van der Waals surface area contributed by atoms with Crippen molar-refractivity contribution in [2.24, 2.45) is 17.8 Å². The number of carbonyl (C=O) groups excluding carboxylic acids is 1. The number of aromatic nitrogens is 2. The number of nitrogens with zero attached hydrogens (tertiary/aromatic N) is 2. The molecule has 2 bridgehead atoms. The van der Waals surface area contributed by atoms with Gasteiger partial charge in [0.15, 0.2) is 4.96 Å². The van der Waals surface area contributed by atoms with Gasteiger partial charge in [-0.1, -0.05) is 36.8 Å². The molecule has 2 aliphatic carbocycles. The van der Waals surface area contributed by atoms with Gasteiger partial charge in [0.25, 0.3) is 0 Å². The van der Waals surface area contributed by atoms with Crippen LogP contribution in [0.3, 0.4) is 0 Å². The first-order valence-corrected chi connectivity index (χ1v) is 10.9. The van der Waals surface area contributed by atoms with Crippen LogP contribution in [0.4, 0.5) is 0 Å². The molecule has 2 aromatic heterocycles. The molecule has 4 nitrogen and oxygen atoms in total. The third kappa shape index (κ3) is 3.18. The summed E-state index contributed by atoms with van der Waals surface area (Å²) in [6.07, 6.45) is 7.90. The van der Waals surface area contributed by atoms with E-state index in [1.165, 1.54) is 25.7 Å². The van der Waals surface area contributed by atoms with E-state index in [1.807, 2.05) is 24.4 Å². The number of hydrogen-bond acceptors (Lipinski definition) is 3. The maximum atomic E-state index is 12.7. The number of rotatable bonds is 5. The summed E-state index contributed by atoms with van der Waals surface area (Å²) in [5.74, 6) is 2.55. The summed E-state index contributed by atoms with van der Waals surface area (Å²) in [6.45, 7) is 2.19. The molecule has 140 valence electrons. The monoisotopic (exact) mass is 379 g/mol. The Morgan fingerprint density at radius 1 is 1.30 bits per heavy atom. The molecule has 4 atom stereocenters. The fourth-order valence-corrected chi connectivity index (χ4v) is 6.06. The highest BCUT2D eigenvalue weighted by Crippen LogP contribution is 2.49. The molecule has 4 unspecified atom stereocenters. The third-order valence-electron chi connectivity index (χ3n) is 6.52. The van der Waals surface area contributed by atoms with Crippen LogP contribution in [0, 0.1) is 17.8 Å². The topological polar surface area (TPSA) is 46.4 Å². The molecule has 2 fully saturated rings.